The predicted octanol–water partition coefficient (Wildman–Crippen LogP) is 4.07. The molecule has 4 heteroatoms. The van der Waals surface area contributed by atoms with E-state index in [0.29, 0.717) is 0 Å². The first-order valence-electron chi connectivity index (χ1n) is 4.35. The summed E-state index contributed by atoms with van der Waals surface area (Å²) in [6, 6.07) is -2.51. The van der Waals surface area contributed by atoms with Crippen LogP contribution >= 0.6 is 33.2 Å². The van der Waals surface area contributed by atoms with E-state index in [0.717, 1.165) is 12.3 Å². The van der Waals surface area contributed by atoms with E-state index in [9.17, 15) is 0 Å². The van der Waals surface area contributed by atoms with Gasteiger partial charge < -0.3 is 0 Å². The quantitative estimate of drug-likeness (QED) is 0.480. The molecule has 3 rings (SSSR count). The molecule has 0 amide bonds. The lowest BCUT2D eigenvalue weighted by Gasteiger charge is -2.35. The molecule has 0 atom stereocenters. The third-order valence-electron chi connectivity index (χ3n) is 2.97. The van der Waals surface area contributed by atoms with Crippen LogP contribution in [0.25, 0.3) is 0 Å². The molecule has 0 aromatic heterocycles. The van der Waals surface area contributed by atoms with Crippen molar-refractivity contribution in [2.75, 3.05) is 0 Å². The largest absolute Gasteiger partial charge is 0.368 e. The summed E-state index contributed by atoms with van der Waals surface area (Å²) in [5.41, 5.74) is 1.48. The third-order valence-corrected chi connectivity index (χ3v) is 6.27. The lowest BCUT2D eigenvalue weighted by Crippen LogP contribution is -2.27. The van der Waals surface area contributed by atoms with Crippen LogP contribution < -0.4 is 0 Å². The topological polar surface area (TPSA) is 0 Å². The van der Waals surface area contributed by atoms with Gasteiger partial charge in [-0.05, 0) is 43.2 Å². The summed E-state index contributed by atoms with van der Waals surface area (Å²) in [6.07, 6.45) is 6.13. The summed E-state index contributed by atoms with van der Waals surface area (Å²) in [5, 5.41) is 1.23. The lowest BCUT2D eigenvalue weighted by molar-refractivity contribution is 0.378. The van der Waals surface area contributed by atoms with Gasteiger partial charge in [-0.25, -0.2) is 0 Å². The van der Waals surface area contributed by atoms with E-state index in [1.165, 1.54) is 36.5 Å². The highest BCUT2D eigenvalue weighted by molar-refractivity contribution is 7.67. The first kappa shape index (κ1) is 9.38. The number of halogens is 3. The lowest BCUT2D eigenvalue weighted by atomic mass is 9.78. The highest BCUT2D eigenvalue weighted by Crippen LogP contribution is 2.47. The SMILES string of the molecule is Cl[Si](Cl)(Cl)C1=C2CCC(CC2)C1. The summed E-state index contributed by atoms with van der Waals surface area (Å²) in [5.74, 6) is 0.820. The van der Waals surface area contributed by atoms with Crippen molar-refractivity contribution in [3.63, 3.8) is 0 Å². The molecule has 1 saturated carbocycles. The molecule has 0 aromatic rings. The van der Waals surface area contributed by atoms with Crippen molar-refractivity contribution in [1.29, 1.82) is 0 Å². The van der Waals surface area contributed by atoms with E-state index in [1.54, 1.807) is 0 Å². The Morgan fingerprint density at radius 1 is 1.08 bits per heavy atom. The Morgan fingerprint density at radius 2 is 1.67 bits per heavy atom. The maximum Gasteiger partial charge on any atom is 0.368 e. The maximum absolute atomic E-state index is 6.02. The molecule has 0 unspecified atom stereocenters. The molecule has 0 aliphatic heterocycles. The van der Waals surface area contributed by atoms with E-state index >= 15 is 0 Å². The summed E-state index contributed by atoms with van der Waals surface area (Å²) in [7, 11) is 0. The Bertz CT molecular complexity index is 219. The van der Waals surface area contributed by atoms with Gasteiger partial charge in [-0.2, -0.15) is 0 Å². The molecule has 0 spiro atoms. The van der Waals surface area contributed by atoms with Crippen LogP contribution in [0.3, 0.4) is 0 Å². The third kappa shape index (κ3) is 1.70. The molecule has 0 N–H and O–H groups in total. The molecule has 0 nitrogen and oxygen atoms in total. The Kier molecular flexibility index (Phi) is 2.50. The van der Waals surface area contributed by atoms with Crippen LogP contribution in [0.15, 0.2) is 10.8 Å². The second kappa shape index (κ2) is 3.20. The van der Waals surface area contributed by atoms with Gasteiger partial charge in [0.05, 0.1) is 0 Å². The second-order valence-electron chi connectivity index (χ2n) is 3.73. The van der Waals surface area contributed by atoms with Crippen molar-refractivity contribution in [2.45, 2.75) is 32.1 Å². The Labute approximate surface area is 88.0 Å². The normalized spacial score (nSPS) is 25.2. The van der Waals surface area contributed by atoms with Crippen LogP contribution in [0, 0.1) is 5.92 Å². The first-order valence-corrected chi connectivity index (χ1v) is 9.39. The molecule has 3 aliphatic rings. The van der Waals surface area contributed by atoms with E-state index < -0.39 is 6.00 Å². The fraction of sp³-hybridized carbons (Fsp3) is 0.750. The van der Waals surface area contributed by atoms with Crippen molar-refractivity contribution < 1.29 is 0 Å². The molecule has 0 aromatic carbocycles. The van der Waals surface area contributed by atoms with Gasteiger partial charge in [0.15, 0.2) is 0 Å². The van der Waals surface area contributed by atoms with E-state index in [2.05, 4.69) is 0 Å². The zero-order valence-corrected chi connectivity index (χ0v) is 10.0. The minimum Gasteiger partial charge on any atom is -0.121 e. The molecular weight excluding hydrogens is 231 g/mol. The molecule has 0 saturated heterocycles. The summed E-state index contributed by atoms with van der Waals surface area (Å²) in [4.78, 5) is 0. The van der Waals surface area contributed by atoms with Crippen LogP contribution in [0.5, 0.6) is 0 Å². The van der Waals surface area contributed by atoms with E-state index in [4.69, 9.17) is 33.2 Å². The van der Waals surface area contributed by atoms with Crippen molar-refractivity contribution in [3.05, 3.63) is 10.8 Å². The molecular formula is C8H11Cl3Si. The Morgan fingerprint density at radius 3 is 1.92 bits per heavy atom. The zero-order chi connectivity index (χ0) is 8.77. The van der Waals surface area contributed by atoms with Crippen molar-refractivity contribution >= 4 is 39.2 Å². The van der Waals surface area contributed by atoms with Gasteiger partial charge in [-0.3, -0.25) is 0 Å². The summed E-state index contributed by atoms with van der Waals surface area (Å²) < 4.78 is 0. The van der Waals surface area contributed by atoms with Crippen LogP contribution in [0.1, 0.15) is 32.1 Å². The number of fused-ring (bicyclic) bond motifs is 3. The smallest absolute Gasteiger partial charge is 0.121 e. The highest BCUT2D eigenvalue weighted by Gasteiger charge is 2.39. The monoisotopic (exact) mass is 240 g/mol. The van der Waals surface area contributed by atoms with Gasteiger partial charge in [-0.1, -0.05) is 5.57 Å². The molecule has 0 heterocycles. The standard InChI is InChI=1S/C8H11Cl3Si/c9-12(10,11)8-5-6-1-3-7(8)4-2-6/h6H,1-5H2. The number of allylic oxidation sites excluding steroid dienone is 2. The van der Waals surface area contributed by atoms with Crippen LogP contribution in [-0.2, 0) is 0 Å². The zero-order valence-electron chi connectivity index (χ0n) is 6.75. The first-order chi connectivity index (χ1) is 5.57. The van der Waals surface area contributed by atoms with Crippen LogP contribution in [-0.4, -0.2) is 6.00 Å². The van der Waals surface area contributed by atoms with Gasteiger partial charge in [0.2, 0.25) is 0 Å². The van der Waals surface area contributed by atoms with Crippen molar-refractivity contribution in [3.8, 4) is 0 Å². The number of hydrogen-bond acceptors (Lipinski definition) is 0. The molecule has 1 fully saturated rings. The van der Waals surface area contributed by atoms with Gasteiger partial charge in [0.1, 0.15) is 0 Å². The average Bonchev–Trinajstić information content (AvgIpc) is 2.05. The fourth-order valence-electron chi connectivity index (χ4n) is 2.28. The van der Waals surface area contributed by atoms with Crippen molar-refractivity contribution in [2.24, 2.45) is 5.92 Å². The maximum atomic E-state index is 6.02. The fourth-order valence-corrected chi connectivity index (χ4v) is 5.35. The van der Waals surface area contributed by atoms with Gasteiger partial charge in [-0.15, -0.1) is 33.2 Å². The number of hydrogen-bond donors (Lipinski definition) is 0. The molecule has 2 bridgehead atoms. The minimum absolute atomic E-state index is 0.820. The number of rotatable bonds is 1. The summed E-state index contributed by atoms with van der Waals surface area (Å²) >= 11 is 18.1. The van der Waals surface area contributed by atoms with Gasteiger partial charge in [0.25, 0.3) is 0 Å². The highest BCUT2D eigenvalue weighted by atomic mass is 35.8. The van der Waals surface area contributed by atoms with Crippen LogP contribution in [0.2, 0.25) is 0 Å². The van der Waals surface area contributed by atoms with E-state index in [1.807, 2.05) is 0 Å². The Hall–Kier alpha value is 0.827. The minimum atomic E-state index is -2.51. The second-order valence-corrected chi connectivity index (χ2v) is 12.2. The van der Waals surface area contributed by atoms with Crippen LogP contribution in [0.4, 0.5) is 0 Å². The molecule has 12 heavy (non-hydrogen) atoms. The molecule has 68 valence electrons. The van der Waals surface area contributed by atoms with E-state index in [-0.39, 0.29) is 0 Å². The molecule has 0 radical (unpaired) electrons. The average molecular weight is 242 g/mol. The summed E-state index contributed by atoms with van der Waals surface area (Å²) in [6.45, 7) is 0. The van der Waals surface area contributed by atoms with Gasteiger partial charge >= 0.3 is 6.00 Å². The van der Waals surface area contributed by atoms with Gasteiger partial charge in [0, 0.05) is 0 Å². The Balaban J connectivity index is 2.30. The van der Waals surface area contributed by atoms with Crippen molar-refractivity contribution in [1.82, 2.24) is 0 Å². The molecule has 3 aliphatic carbocycles. The predicted molar refractivity (Wildman–Crippen MR) is 56.9 cm³/mol.